The predicted molar refractivity (Wildman–Crippen MR) is 122 cm³/mol. The van der Waals surface area contributed by atoms with Gasteiger partial charge in [-0.1, -0.05) is 42.5 Å². The fourth-order valence-electron chi connectivity index (χ4n) is 2.99. The van der Waals surface area contributed by atoms with E-state index in [-0.39, 0.29) is 11.7 Å². The number of anilines is 3. The Morgan fingerprint density at radius 1 is 0.933 bits per heavy atom. The number of pyridine rings is 1. The molecule has 0 aliphatic rings. The molecule has 0 unspecified atom stereocenters. The number of nitrogens with one attached hydrogen (secondary N) is 1. The van der Waals surface area contributed by atoms with E-state index in [4.69, 9.17) is 0 Å². The Kier molecular flexibility index (Phi) is 6.07. The third-order valence-corrected chi connectivity index (χ3v) is 5.82. The third kappa shape index (κ3) is 4.60. The molecule has 0 saturated carbocycles. The number of hydrogen-bond acceptors (Lipinski definition) is 5. The first-order valence-corrected chi connectivity index (χ1v) is 11.1. The molecule has 8 heteroatoms. The van der Waals surface area contributed by atoms with Crippen molar-refractivity contribution in [2.75, 3.05) is 41.9 Å². The van der Waals surface area contributed by atoms with E-state index in [1.807, 2.05) is 61.5 Å². The number of carbonyl (C=O) groups is 1. The fraction of sp³-hybridized carbons (Fsp3) is 0.182. The molecule has 3 rings (SSSR count). The Bertz CT molecular complexity index is 1160. The average Bonchev–Trinajstić information content (AvgIpc) is 2.73. The van der Waals surface area contributed by atoms with Crippen molar-refractivity contribution in [2.45, 2.75) is 0 Å². The van der Waals surface area contributed by atoms with E-state index in [0.29, 0.717) is 11.3 Å². The summed E-state index contributed by atoms with van der Waals surface area (Å²) in [6.45, 7) is 0. The molecule has 0 fully saturated rings. The molecule has 0 aliphatic carbocycles. The highest BCUT2D eigenvalue weighted by Crippen LogP contribution is 2.31. The Labute approximate surface area is 177 Å². The number of amides is 1. The van der Waals surface area contributed by atoms with Crippen LogP contribution in [0.2, 0.25) is 0 Å². The van der Waals surface area contributed by atoms with Gasteiger partial charge >= 0.3 is 0 Å². The standard InChI is InChI=1S/C22H24N4O3S/c1-25(2)20-13-9-8-12-18(20)22(27)24-19-14-17(16-10-6-5-7-11-16)15-23-21(19)26(3)30(4,28)29/h5-15H,1-4H3,(H,24,27). The monoisotopic (exact) mass is 424 g/mol. The van der Waals surface area contributed by atoms with Crippen molar-refractivity contribution in [3.63, 3.8) is 0 Å². The van der Waals surface area contributed by atoms with Gasteiger partial charge in [0.25, 0.3) is 5.91 Å². The zero-order valence-electron chi connectivity index (χ0n) is 17.3. The number of nitrogens with zero attached hydrogens (tertiary/aromatic N) is 3. The Morgan fingerprint density at radius 2 is 1.57 bits per heavy atom. The Hall–Kier alpha value is -3.39. The van der Waals surface area contributed by atoms with E-state index in [0.717, 1.165) is 27.4 Å². The summed E-state index contributed by atoms with van der Waals surface area (Å²) in [4.78, 5) is 19.3. The maximum atomic E-state index is 13.1. The van der Waals surface area contributed by atoms with Gasteiger partial charge in [-0.25, -0.2) is 13.4 Å². The molecular weight excluding hydrogens is 400 g/mol. The van der Waals surface area contributed by atoms with Crippen LogP contribution in [0.4, 0.5) is 17.2 Å². The van der Waals surface area contributed by atoms with Gasteiger partial charge in [0.05, 0.1) is 17.5 Å². The maximum Gasteiger partial charge on any atom is 0.257 e. The van der Waals surface area contributed by atoms with E-state index < -0.39 is 10.0 Å². The molecule has 1 N–H and O–H groups in total. The summed E-state index contributed by atoms with van der Waals surface area (Å²) >= 11 is 0. The van der Waals surface area contributed by atoms with Gasteiger partial charge in [-0.15, -0.1) is 0 Å². The van der Waals surface area contributed by atoms with Gasteiger partial charge < -0.3 is 10.2 Å². The molecule has 0 saturated heterocycles. The number of para-hydroxylation sites is 1. The van der Waals surface area contributed by atoms with Crippen LogP contribution in [-0.2, 0) is 10.0 Å². The van der Waals surface area contributed by atoms with Crippen LogP contribution in [-0.4, -0.2) is 46.7 Å². The van der Waals surface area contributed by atoms with Crippen LogP contribution < -0.4 is 14.5 Å². The van der Waals surface area contributed by atoms with Crippen molar-refractivity contribution < 1.29 is 13.2 Å². The van der Waals surface area contributed by atoms with Crippen molar-refractivity contribution >= 4 is 33.1 Å². The van der Waals surface area contributed by atoms with Gasteiger partial charge in [0.2, 0.25) is 10.0 Å². The topological polar surface area (TPSA) is 82.6 Å². The number of carbonyl (C=O) groups excluding carboxylic acids is 1. The van der Waals surface area contributed by atoms with Crippen molar-refractivity contribution in [1.29, 1.82) is 0 Å². The van der Waals surface area contributed by atoms with Crippen LogP contribution in [0.25, 0.3) is 11.1 Å². The van der Waals surface area contributed by atoms with Crippen LogP contribution in [0.5, 0.6) is 0 Å². The van der Waals surface area contributed by atoms with E-state index in [9.17, 15) is 13.2 Å². The highest BCUT2D eigenvalue weighted by Gasteiger charge is 2.21. The molecule has 3 aromatic rings. The van der Waals surface area contributed by atoms with E-state index in [2.05, 4.69) is 10.3 Å². The summed E-state index contributed by atoms with van der Waals surface area (Å²) in [5.41, 5.74) is 3.20. The first kappa shape index (κ1) is 21.3. The van der Waals surface area contributed by atoms with Crippen LogP contribution in [0, 0.1) is 0 Å². The normalized spacial score (nSPS) is 11.1. The lowest BCUT2D eigenvalue weighted by Crippen LogP contribution is -2.27. The number of rotatable bonds is 6. The van der Waals surface area contributed by atoms with E-state index in [1.165, 1.54) is 7.05 Å². The molecule has 1 amide bonds. The molecular formula is C22H24N4O3S. The number of aromatic nitrogens is 1. The second kappa shape index (κ2) is 8.54. The Balaban J connectivity index is 2.08. The lowest BCUT2D eigenvalue weighted by Gasteiger charge is -2.21. The van der Waals surface area contributed by atoms with Crippen molar-refractivity contribution in [2.24, 2.45) is 0 Å². The third-order valence-electron chi connectivity index (χ3n) is 4.65. The zero-order valence-corrected chi connectivity index (χ0v) is 18.1. The maximum absolute atomic E-state index is 13.1. The lowest BCUT2D eigenvalue weighted by molar-refractivity contribution is 0.102. The van der Waals surface area contributed by atoms with Crippen LogP contribution >= 0.6 is 0 Å². The van der Waals surface area contributed by atoms with Gasteiger partial charge in [-0.05, 0) is 23.8 Å². The van der Waals surface area contributed by atoms with Gasteiger partial charge in [0, 0.05) is 38.6 Å². The molecule has 0 aliphatic heterocycles. The number of hydrogen-bond donors (Lipinski definition) is 1. The highest BCUT2D eigenvalue weighted by atomic mass is 32.2. The summed E-state index contributed by atoms with van der Waals surface area (Å²) in [6, 6.07) is 18.5. The van der Waals surface area contributed by atoms with Gasteiger partial charge in [0.15, 0.2) is 5.82 Å². The molecule has 1 heterocycles. The molecule has 0 radical (unpaired) electrons. The van der Waals surface area contributed by atoms with Crippen molar-refractivity contribution in [3.8, 4) is 11.1 Å². The molecule has 30 heavy (non-hydrogen) atoms. The summed E-state index contributed by atoms with van der Waals surface area (Å²) in [5, 5.41) is 2.85. The molecule has 0 bridgehead atoms. The SMILES string of the molecule is CN(C)c1ccccc1C(=O)Nc1cc(-c2ccccc2)cnc1N(C)S(C)(=O)=O. The zero-order chi connectivity index (χ0) is 21.9. The number of sulfonamides is 1. The first-order chi connectivity index (χ1) is 14.2. The minimum atomic E-state index is -3.57. The predicted octanol–water partition coefficient (Wildman–Crippen LogP) is 3.46. The number of benzene rings is 2. The van der Waals surface area contributed by atoms with Gasteiger partial charge in [-0.3, -0.25) is 9.10 Å². The fourth-order valence-corrected chi connectivity index (χ4v) is 3.45. The minimum Gasteiger partial charge on any atom is -0.377 e. The smallest absolute Gasteiger partial charge is 0.257 e. The van der Waals surface area contributed by atoms with Crippen molar-refractivity contribution in [3.05, 3.63) is 72.4 Å². The van der Waals surface area contributed by atoms with E-state index in [1.54, 1.807) is 24.4 Å². The molecule has 7 nitrogen and oxygen atoms in total. The van der Waals surface area contributed by atoms with Gasteiger partial charge in [0.1, 0.15) is 0 Å². The summed E-state index contributed by atoms with van der Waals surface area (Å²) < 4.78 is 25.3. The van der Waals surface area contributed by atoms with Gasteiger partial charge in [-0.2, -0.15) is 0 Å². The lowest BCUT2D eigenvalue weighted by atomic mass is 10.1. The summed E-state index contributed by atoms with van der Waals surface area (Å²) in [5.74, 6) is -0.206. The Morgan fingerprint density at radius 3 is 2.20 bits per heavy atom. The van der Waals surface area contributed by atoms with Crippen LogP contribution in [0.3, 0.4) is 0 Å². The highest BCUT2D eigenvalue weighted by molar-refractivity contribution is 7.92. The molecule has 2 aromatic carbocycles. The first-order valence-electron chi connectivity index (χ1n) is 9.25. The molecule has 0 atom stereocenters. The summed E-state index contributed by atoms with van der Waals surface area (Å²) in [7, 11) is 1.55. The molecule has 0 spiro atoms. The van der Waals surface area contributed by atoms with E-state index >= 15 is 0 Å². The van der Waals surface area contributed by atoms with Crippen LogP contribution in [0.1, 0.15) is 10.4 Å². The molecule has 1 aromatic heterocycles. The average molecular weight is 425 g/mol. The minimum absolute atomic E-state index is 0.146. The second-order valence-electron chi connectivity index (χ2n) is 7.06. The van der Waals surface area contributed by atoms with Crippen LogP contribution in [0.15, 0.2) is 66.9 Å². The quantitative estimate of drug-likeness (QED) is 0.655. The summed E-state index contributed by atoms with van der Waals surface area (Å²) in [6.07, 6.45) is 2.68. The second-order valence-corrected chi connectivity index (χ2v) is 9.07. The van der Waals surface area contributed by atoms with Crippen molar-refractivity contribution in [1.82, 2.24) is 4.98 Å². The largest absolute Gasteiger partial charge is 0.377 e. The molecule has 156 valence electrons.